The number of benzene rings is 1. The van der Waals surface area contributed by atoms with Crippen LogP contribution in [0.3, 0.4) is 0 Å². The van der Waals surface area contributed by atoms with Crippen LogP contribution in [0.2, 0.25) is 0 Å². The molecule has 5 saturated carbocycles. The Morgan fingerprint density at radius 2 is 1.72 bits per heavy atom. The summed E-state index contributed by atoms with van der Waals surface area (Å²) in [5.74, 6) is 0.980. The molecule has 6 rings (SSSR count). The fraction of sp³-hybridized carbons (Fsp3) is 0.676. The zero-order valence-electron chi connectivity index (χ0n) is 26.9. The molecule has 5 aliphatic rings. The van der Waals surface area contributed by atoms with Crippen LogP contribution in [-0.4, -0.2) is 21.8 Å². The van der Waals surface area contributed by atoms with Gasteiger partial charge in [-0.15, -0.1) is 0 Å². The second-order valence-electron chi connectivity index (χ2n) is 16.4. The molecule has 232 valence electrons. The SMILES string of the molecule is C=C(C)[C@@H]1CC[C@]2(C(=O)O)CC[C@]3(C)[C@H](CC[C@@H]4[C@@]5(C)C/C(=C\c6cccc([N+](=O)[O-])c6)C(=O)C(C)(C)[C@@H]5CC[C@]43C)[C@@H]12. The number of nitro benzene ring substituents is 1. The van der Waals surface area contributed by atoms with Crippen molar-refractivity contribution in [1.29, 1.82) is 0 Å². The van der Waals surface area contributed by atoms with Gasteiger partial charge in [-0.3, -0.25) is 19.7 Å². The van der Waals surface area contributed by atoms with Gasteiger partial charge in [0.1, 0.15) is 0 Å². The number of fused-ring (bicyclic) bond motifs is 7. The van der Waals surface area contributed by atoms with Gasteiger partial charge in [0.05, 0.1) is 10.3 Å². The lowest BCUT2D eigenvalue weighted by molar-refractivity contribution is -0.384. The van der Waals surface area contributed by atoms with Crippen LogP contribution in [0.25, 0.3) is 6.08 Å². The van der Waals surface area contributed by atoms with Crippen molar-refractivity contribution in [3.63, 3.8) is 0 Å². The number of carboxylic acid groups (broad SMARTS) is 1. The highest BCUT2D eigenvalue weighted by atomic mass is 16.6. The van der Waals surface area contributed by atoms with Crippen molar-refractivity contribution in [1.82, 2.24) is 0 Å². The Labute approximate surface area is 256 Å². The highest BCUT2D eigenvalue weighted by molar-refractivity contribution is 6.04. The van der Waals surface area contributed by atoms with E-state index in [1.165, 1.54) is 6.07 Å². The number of carbonyl (C=O) groups is 2. The topological polar surface area (TPSA) is 97.5 Å². The molecule has 0 radical (unpaired) electrons. The van der Waals surface area contributed by atoms with Gasteiger partial charge in [0.15, 0.2) is 5.78 Å². The van der Waals surface area contributed by atoms with Gasteiger partial charge in [-0.05, 0) is 128 Å². The van der Waals surface area contributed by atoms with Gasteiger partial charge >= 0.3 is 5.97 Å². The highest BCUT2D eigenvalue weighted by Gasteiger charge is 2.72. The molecule has 0 aliphatic heterocycles. The largest absolute Gasteiger partial charge is 0.481 e. The first-order valence-electron chi connectivity index (χ1n) is 16.4. The van der Waals surface area contributed by atoms with Crippen molar-refractivity contribution >= 4 is 23.5 Å². The van der Waals surface area contributed by atoms with Crippen molar-refractivity contribution in [3.8, 4) is 0 Å². The molecule has 0 unspecified atom stereocenters. The Morgan fingerprint density at radius 3 is 2.37 bits per heavy atom. The molecular weight excluding hydrogens is 538 g/mol. The second-order valence-corrected chi connectivity index (χ2v) is 16.4. The Kier molecular flexibility index (Phi) is 6.77. The second kappa shape index (κ2) is 9.62. The van der Waals surface area contributed by atoms with E-state index in [4.69, 9.17) is 0 Å². The van der Waals surface area contributed by atoms with Gasteiger partial charge in [-0.1, -0.05) is 58.9 Å². The minimum Gasteiger partial charge on any atom is -0.481 e. The molecular formula is C37H49NO5. The van der Waals surface area contributed by atoms with E-state index in [-0.39, 0.29) is 50.4 Å². The number of hydrogen-bond donors (Lipinski definition) is 1. The van der Waals surface area contributed by atoms with Crippen molar-refractivity contribution in [2.24, 2.45) is 56.7 Å². The number of non-ortho nitro benzene ring substituents is 1. The molecule has 0 amide bonds. The third-order valence-electron chi connectivity index (χ3n) is 14.5. The van der Waals surface area contributed by atoms with E-state index in [9.17, 15) is 24.8 Å². The zero-order chi connectivity index (χ0) is 31.3. The monoisotopic (exact) mass is 587 g/mol. The third kappa shape index (κ3) is 3.96. The number of Topliss-reactive ketones (excluding diaryl/α,β-unsaturated/α-hetero) is 1. The highest BCUT2D eigenvalue weighted by Crippen LogP contribution is 2.77. The van der Waals surface area contributed by atoms with Crippen LogP contribution in [-0.2, 0) is 9.59 Å². The van der Waals surface area contributed by atoms with E-state index in [1.807, 2.05) is 12.1 Å². The maximum Gasteiger partial charge on any atom is 0.309 e. The molecule has 1 N–H and O–H groups in total. The number of ketones is 1. The molecule has 0 spiro atoms. The summed E-state index contributed by atoms with van der Waals surface area (Å²) >= 11 is 0. The molecule has 1 aromatic rings. The molecule has 1 aromatic carbocycles. The van der Waals surface area contributed by atoms with Crippen molar-refractivity contribution in [3.05, 3.63) is 57.7 Å². The van der Waals surface area contributed by atoms with E-state index in [2.05, 4.69) is 48.1 Å². The van der Waals surface area contributed by atoms with Crippen LogP contribution in [0, 0.1) is 66.8 Å². The van der Waals surface area contributed by atoms with Gasteiger partial charge in [0, 0.05) is 17.5 Å². The van der Waals surface area contributed by atoms with Crippen LogP contribution < -0.4 is 0 Å². The number of allylic oxidation sites excluding steroid dienone is 2. The first kappa shape index (κ1) is 30.3. The Balaban J connectivity index is 1.41. The molecule has 0 saturated heterocycles. The standard InChI is InChI=1S/C37H49NO5/c1-22(2)26-13-16-37(32(40)41)18-17-35(6)27(30(26)37)11-12-29-34(5)21-24(19-23-9-8-10-25(20-23)38(42)43)31(39)33(3,4)28(34)14-15-36(29,35)7/h8-10,19-20,26-30H,1,11-18,21H2,2-7H3,(H,40,41)/b24-19+/t26-,27+,28-,29+,30+,34-,35+,36+,37-/m0/s1. The number of carbonyl (C=O) groups excluding carboxylic acids is 1. The molecule has 0 bridgehead atoms. The fourth-order valence-corrected chi connectivity index (χ4v) is 12.4. The van der Waals surface area contributed by atoms with Gasteiger partial charge < -0.3 is 5.11 Å². The first-order valence-corrected chi connectivity index (χ1v) is 16.4. The number of carboxylic acids is 1. The Morgan fingerprint density at radius 1 is 1.00 bits per heavy atom. The molecule has 0 aromatic heterocycles. The number of rotatable bonds is 4. The maximum absolute atomic E-state index is 14.1. The summed E-state index contributed by atoms with van der Waals surface area (Å²) in [5.41, 5.74) is 1.45. The quantitative estimate of drug-likeness (QED) is 0.164. The predicted octanol–water partition coefficient (Wildman–Crippen LogP) is 8.90. The average Bonchev–Trinajstić information content (AvgIpc) is 3.34. The average molecular weight is 588 g/mol. The third-order valence-corrected chi connectivity index (χ3v) is 14.5. The first-order chi connectivity index (χ1) is 20.0. The van der Waals surface area contributed by atoms with Crippen LogP contribution in [0.15, 0.2) is 42.0 Å². The summed E-state index contributed by atoms with van der Waals surface area (Å²) in [5, 5.41) is 22.1. The van der Waals surface area contributed by atoms with Crippen molar-refractivity contribution in [2.75, 3.05) is 0 Å². The number of nitro groups is 1. The molecule has 5 fully saturated rings. The summed E-state index contributed by atoms with van der Waals surface area (Å²) in [6.07, 6.45) is 10.1. The number of hydrogen-bond acceptors (Lipinski definition) is 4. The summed E-state index contributed by atoms with van der Waals surface area (Å²) in [7, 11) is 0. The van der Waals surface area contributed by atoms with E-state index in [1.54, 1.807) is 12.1 Å². The lowest BCUT2D eigenvalue weighted by atomic mass is 9.32. The molecule has 9 atom stereocenters. The minimum absolute atomic E-state index is 0.0150. The Hall–Kier alpha value is -2.76. The molecule has 5 aliphatic carbocycles. The van der Waals surface area contributed by atoms with Gasteiger partial charge in [0.2, 0.25) is 0 Å². The number of aliphatic carboxylic acids is 1. The van der Waals surface area contributed by atoms with Crippen LogP contribution >= 0.6 is 0 Å². The normalized spacial score (nSPS) is 44.1. The summed E-state index contributed by atoms with van der Waals surface area (Å²) < 4.78 is 0. The van der Waals surface area contributed by atoms with E-state index in [0.717, 1.165) is 62.5 Å². The van der Waals surface area contributed by atoms with Crippen molar-refractivity contribution in [2.45, 2.75) is 99.3 Å². The lowest BCUT2D eigenvalue weighted by Crippen LogP contribution is -2.67. The molecule has 6 nitrogen and oxygen atoms in total. The summed E-state index contributed by atoms with van der Waals surface area (Å²) in [6.45, 7) is 18.1. The van der Waals surface area contributed by atoms with Crippen molar-refractivity contribution < 1.29 is 19.6 Å². The van der Waals surface area contributed by atoms with E-state index in [0.29, 0.717) is 23.8 Å². The van der Waals surface area contributed by atoms with Crippen LogP contribution in [0.5, 0.6) is 0 Å². The minimum atomic E-state index is -0.633. The van der Waals surface area contributed by atoms with Gasteiger partial charge in [-0.2, -0.15) is 0 Å². The molecule has 0 heterocycles. The summed E-state index contributed by atoms with van der Waals surface area (Å²) in [6, 6.07) is 6.59. The summed E-state index contributed by atoms with van der Waals surface area (Å²) in [4.78, 5) is 38.1. The van der Waals surface area contributed by atoms with E-state index >= 15 is 0 Å². The Bertz CT molecular complexity index is 1440. The van der Waals surface area contributed by atoms with Crippen LogP contribution in [0.4, 0.5) is 5.69 Å². The van der Waals surface area contributed by atoms with Gasteiger partial charge in [-0.25, -0.2) is 0 Å². The maximum atomic E-state index is 14.1. The van der Waals surface area contributed by atoms with Gasteiger partial charge in [0.25, 0.3) is 5.69 Å². The molecule has 43 heavy (non-hydrogen) atoms. The predicted molar refractivity (Wildman–Crippen MR) is 168 cm³/mol. The molecule has 6 heteroatoms. The smallest absolute Gasteiger partial charge is 0.309 e. The lowest BCUT2D eigenvalue weighted by Gasteiger charge is -2.72. The zero-order valence-corrected chi connectivity index (χ0v) is 26.9. The van der Waals surface area contributed by atoms with E-state index < -0.39 is 16.8 Å². The van der Waals surface area contributed by atoms with Crippen LogP contribution in [0.1, 0.15) is 105 Å². The fourth-order valence-electron chi connectivity index (χ4n) is 12.4. The number of nitrogens with zero attached hydrogens (tertiary/aromatic N) is 1.